The Balaban J connectivity index is 1.69. The van der Waals surface area contributed by atoms with Crippen LogP contribution in [0, 0.1) is 0 Å². The first-order chi connectivity index (χ1) is 15.3. The molecular formula is C25H28N2O4S. The van der Waals surface area contributed by atoms with E-state index in [4.69, 9.17) is 4.74 Å². The summed E-state index contributed by atoms with van der Waals surface area (Å²) in [6.07, 6.45) is 1.64. The van der Waals surface area contributed by atoms with E-state index in [2.05, 4.69) is 17.4 Å². The van der Waals surface area contributed by atoms with Crippen LogP contribution in [0.2, 0.25) is 0 Å². The third kappa shape index (κ3) is 5.68. The van der Waals surface area contributed by atoms with E-state index in [1.165, 1.54) is 29.0 Å². The molecule has 1 amide bonds. The number of sulfonamides is 1. The van der Waals surface area contributed by atoms with Crippen LogP contribution in [0.15, 0.2) is 83.8 Å². The molecule has 0 saturated heterocycles. The molecule has 1 N–H and O–H groups in total. The summed E-state index contributed by atoms with van der Waals surface area (Å²) < 4.78 is 32.5. The van der Waals surface area contributed by atoms with Crippen molar-refractivity contribution in [2.24, 2.45) is 0 Å². The monoisotopic (exact) mass is 452 g/mol. The van der Waals surface area contributed by atoms with Crippen LogP contribution in [0.5, 0.6) is 5.75 Å². The van der Waals surface area contributed by atoms with E-state index in [1.807, 2.05) is 25.1 Å². The first kappa shape index (κ1) is 23.3. The van der Waals surface area contributed by atoms with Gasteiger partial charge in [0.15, 0.2) is 0 Å². The van der Waals surface area contributed by atoms with Gasteiger partial charge in [-0.15, -0.1) is 0 Å². The van der Waals surface area contributed by atoms with Crippen LogP contribution in [-0.2, 0) is 16.4 Å². The number of rotatable bonds is 9. The zero-order valence-corrected chi connectivity index (χ0v) is 19.3. The molecule has 168 valence electrons. The minimum absolute atomic E-state index is 0.0510. The third-order valence-electron chi connectivity index (χ3n) is 5.28. The molecule has 0 bridgehead atoms. The van der Waals surface area contributed by atoms with Crippen molar-refractivity contribution in [3.63, 3.8) is 0 Å². The van der Waals surface area contributed by atoms with Crippen LogP contribution in [0.25, 0.3) is 0 Å². The summed E-state index contributed by atoms with van der Waals surface area (Å²) in [6.45, 7) is 1.94. The van der Waals surface area contributed by atoms with E-state index in [0.29, 0.717) is 17.0 Å². The number of nitrogens with one attached hydrogen (secondary N) is 1. The van der Waals surface area contributed by atoms with Crippen molar-refractivity contribution < 1.29 is 17.9 Å². The van der Waals surface area contributed by atoms with Crippen molar-refractivity contribution in [1.29, 1.82) is 0 Å². The van der Waals surface area contributed by atoms with Gasteiger partial charge in [0.05, 0.1) is 17.7 Å². The maximum atomic E-state index is 13.1. The molecule has 3 rings (SSSR count). The molecule has 0 aliphatic carbocycles. The lowest BCUT2D eigenvalue weighted by Gasteiger charge is -2.20. The Morgan fingerprint density at radius 3 is 2.34 bits per heavy atom. The van der Waals surface area contributed by atoms with Gasteiger partial charge in [0.1, 0.15) is 5.75 Å². The van der Waals surface area contributed by atoms with Crippen molar-refractivity contribution in [3.05, 3.63) is 90.0 Å². The SMILES string of the molecule is COc1ccc(N(C)S(=O)(=O)c2cccc(C(=O)NC(C)CCc3ccccc3)c2)cc1. The fraction of sp³-hybridized carbons (Fsp3) is 0.240. The summed E-state index contributed by atoms with van der Waals surface area (Å²) >= 11 is 0. The van der Waals surface area contributed by atoms with Crippen LogP contribution < -0.4 is 14.4 Å². The van der Waals surface area contributed by atoms with E-state index in [-0.39, 0.29) is 16.8 Å². The molecule has 0 heterocycles. The fourth-order valence-electron chi connectivity index (χ4n) is 3.29. The van der Waals surface area contributed by atoms with Gasteiger partial charge >= 0.3 is 0 Å². The van der Waals surface area contributed by atoms with E-state index in [1.54, 1.807) is 43.5 Å². The van der Waals surface area contributed by atoms with Gasteiger partial charge in [-0.25, -0.2) is 8.42 Å². The Morgan fingerprint density at radius 1 is 1.00 bits per heavy atom. The van der Waals surface area contributed by atoms with Crippen molar-refractivity contribution >= 4 is 21.6 Å². The highest BCUT2D eigenvalue weighted by Gasteiger charge is 2.23. The number of methoxy groups -OCH3 is 1. The molecule has 0 fully saturated rings. The smallest absolute Gasteiger partial charge is 0.264 e. The standard InChI is InChI=1S/C25H28N2O4S/c1-19(12-13-20-8-5-4-6-9-20)26-25(28)21-10-7-11-24(18-21)32(29,30)27(2)22-14-16-23(31-3)17-15-22/h4-11,14-19H,12-13H2,1-3H3,(H,26,28). The summed E-state index contributed by atoms with van der Waals surface area (Å²) in [7, 11) is -0.798. The second-order valence-electron chi connectivity index (χ2n) is 7.60. The molecule has 1 unspecified atom stereocenters. The molecule has 7 heteroatoms. The summed E-state index contributed by atoms with van der Waals surface area (Å²) in [5, 5.41) is 2.96. The molecule has 0 radical (unpaired) electrons. The number of hydrogen-bond acceptors (Lipinski definition) is 4. The van der Waals surface area contributed by atoms with Gasteiger partial charge in [-0.05, 0) is 67.8 Å². The van der Waals surface area contributed by atoms with Crippen LogP contribution in [0.1, 0.15) is 29.3 Å². The Morgan fingerprint density at radius 2 is 1.69 bits per heavy atom. The topological polar surface area (TPSA) is 75.7 Å². The molecule has 0 aliphatic heterocycles. The average Bonchev–Trinajstić information content (AvgIpc) is 2.83. The zero-order valence-electron chi connectivity index (χ0n) is 18.5. The van der Waals surface area contributed by atoms with Crippen molar-refractivity contribution in [2.45, 2.75) is 30.7 Å². The Bertz CT molecular complexity index is 1150. The molecule has 0 spiro atoms. The first-order valence-electron chi connectivity index (χ1n) is 10.4. The maximum absolute atomic E-state index is 13.1. The fourth-order valence-corrected chi connectivity index (χ4v) is 4.54. The zero-order chi connectivity index (χ0) is 23.1. The predicted molar refractivity (Wildman–Crippen MR) is 127 cm³/mol. The van der Waals surface area contributed by atoms with Crippen molar-refractivity contribution in [2.75, 3.05) is 18.5 Å². The molecule has 1 atom stereocenters. The van der Waals surface area contributed by atoms with Gasteiger partial charge in [-0.3, -0.25) is 9.10 Å². The number of carbonyl (C=O) groups is 1. The minimum Gasteiger partial charge on any atom is -0.497 e. The molecule has 6 nitrogen and oxygen atoms in total. The summed E-state index contributed by atoms with van der Waals surface area (Å²) in [5.41, 5.74) is 2.01. The number of benzene rings is 3. The quantitative estimate of drug-likeness (QED) is 0.526. The predicted octanol–water partition coefficient (Wildman–Crippen LogP) is 4.27. The molecule has 3 aromatic carbocycles. The second kappa shape index (κ2) is 10.3. The lowest BCUT2D eigenvalue weighted by atomic mass is 10.1. The number of anilines is 1. The van der Waals surface area contributed by atoms with Crippen LogP contribution >= 0.6 is 0 Å². The molecule has 32 heavy (non-hydrogen) atoms. The molecule has 3 aromatic rings. The Labute approximate surface area is 189 Å². The van der Waals surface area contributed by atoms with E-state index in [9.17, 15) is 13.2 Å². The summed E-state index contributed by atoms with van der Waals surface area (Å²) in [6, 6.07) is 22.9. The van der Waals surface area contributed by atoms with Crippen molar-refractivity contribution in [3.8, 4) is 5.75 Å². The third-order valence-corrected chi connectivity index (χ3v) is 7.06. The van der Waals surface area contributed by atoms with Crippen LogP contribution in [0.4, 0.5) is 5.69 Å². The van der Waals surface area contributed by atoms with Gasteiger partial charge in [0.2, 0.25) is 0 Å². The maximum Gasteiger partial charge on any atom is 0.264 e. The van der Waals surface area contributed by atoms with E-state index in [0.717, 1.165) is 12.8 Å². The highest BCUT2D eigenvalue weighted by atomic mass is 32.2. The average molecular weight is 453 g/mol. The molecule has 0 aromatic heterocycles. The number of ether oxygens (including phenoxy) is 1. The molecule has 0 aliphatic rings. The van der Waals surface area contributed by atoms with Gasteiger partial charge in [0.25, 0.3) is 15.9 Å². The van der Waals surface area contributed by atoms with E-state index >= 15 is 0 Å². The lowest BCUT2D eigenvalue weighted by Crippen LogP contribution is -2.33. The highest BCUT2D eigenvalue weighted by molar-refractivity contribution is 7.92. The normalized spacial score (nSPS) is 12.1. The Kier molecular flexibility index (Phi) is 7.53. The lowest BCUT2D eigenvalue weighted by molar-refractivity contribution is 0.0938. The van der Waals surface area contributed by atoms with Gasteiger partial charge in [-0.2, -0.15) is 0 Å². The van der Waals surface area contributed by atoms with Gasteiger partial charge in [-0.1, -0.05) is 36.4 Å². The minimum atomic E-state index is -3.83. The first-order valence-corrected chi connectivity index (χ1v) is 11.8. The number of amides is 1. The number of aryl methyl sites for hydroxylation is 1. The second-order valence-corrected chi connectivity index (χ2v) is 9.57. The highest BCUT2D eigenvalue weighted by Crippen LogP contribution is 2.24. The van der Waals surface area contributed by atoms with Crippen LogP contribution in [-0.4, -0.2) is 34.5 Å². The summed E-state index contributed by atoms with van der Waals surface area (Å²) in [5.74, 6) is 0.342. The Hall–Kier alpha value is -3.32. The molecular weight excluding hydrogens is 424 g/mol. The van der Waals surface area contributed by atoms with E-state index < -0.39 is 10.0 Å². The number of hydrogen-bond donors (Lipinski definition) is 1. The number of nitrogens with zero attached hydrogens (tertiary/aromatic N) is 1. The number of carbonyl (C=O) groups excluding carboxylic acids is 1. The van der Waals surface area contributed by atoms with Crippen LogP contribution in [0.3, 0.4) is 0 Å². The van der Waals surface area contributed by atoms with Crippen molar-refractivity contribution in [1.82, 2.24) is 5.32 Å². The van der Waals surface area contributed by atoms with Gasteiger partial charge < -0.3 is 10.1 Å². The summed E-state index contributed by atoms with van der Waals surface area (Å²) in [4.78, 5) is 12.8. The largest absolute Gasteiger partial charge is 0.497 e. The molecule has 0 saturated carbocycles. The van der Waals surface area contributed by atoms with Gasteiger partial charge in [0, 0.05) is 18.7 Å².